The molecule has 6 nitrogen and oxygen atoms in total. The minimum absolute atomic E-state index is 0.188. The summed E-state index contributed by atoms with van der Waals surface area (Å²) in [6, 6.07) is -0.457. The number of nitrogens with one attached hydrogen (secondary N) is 1. The van der Waals surface area contributed by atoms with Crippen LogP contribution in [0.15, 0.2) is 12.2 Å². The summed E-state index contributed by atoms with van der Waals surface area (Å²) in [5.74, 6) is -1.75. The molecule has 1 amide bonds. The lowest BCUT2D eigenvalue weighted by Crippen LogP contribution is -2.41. The Morgan fingerprint density at radius 1 is 1.36 bits per heavy atom. The highest BCUT2D eigenvalue weighted by molar-refractivity contribution is 5.94. The first kappa shape index (κ1) is 10.7. The number of carboxylic acids is 1. The third-order valence-corrected chi connectivity index (χ3v) is 1.76. The van der Waals surface area contributed by atoms with Crippen molar-refractivity contribution in [1.29, 1.82) is 0 Å². The number of carboxylic acid groups (broad SMARTS) is 1. The summed E-state index contributed by atoms with van der Waals surface area (Å²) in [4.78, 5) is 21.1. The van der Waals surface area contributed by atoms with Gasteiger partial charge < -0.3 is 20.3 Å². The standard InChI is InChI=1S/C8H11NO5/c10-6-4-14-3-5(6)9-7(11)1-2-8(12)13/h1-2,5-6,10H,3-4H2,(H,9,11)(H,12,13)/b2-1+. The minimum Gasteiger partial charge on any atom is -0.478 e. The second kappa shape index (κ2) is 4.73. The molecule has 1 aliphatic heterocycles. The lowest BCUT2D eigenvalue weighted by molar-refractivity contribution is -0.131. The van der Waals surface area contributed by atoms with Crippen molar-refractivity contribution in [3.8, 4) is 0 Å². The number of carbonyl (C=O) groups is 2. The molecule has 3 N–H and O–H groups in total. The summed E-state index contributed by atoms with van der Waals surface area (Å²) in [5.41, 5.74) is 0. The molecule has 1 fully saturated rings. The Morgan fingerprint density at radius 2 is 2.07 bits per heavy atom. The van der Waals surface area contributed by atoms with Gasteiger partial charge in [0, 0.05) is 12.2 Å². The zero-order valence-corrected chi connectivity index (χ0v) is 7.34. The van der Waals surface area contributed by atoms with Crippen molar-refractivity contribution in [2.24, 2.45) is 0 Å². The Balaban J connectivity index is 2.36. The number of ether oxygens (including phenoxy) is 1. The summed E-state index contributed by atoms with van der Waals surface area (Å²) < 4.78 is 4.89. The second-order valence-corrected chi connectivity index (χ2v) is 2.89. The molecule has 0 aromatic carbocycles. The van der Waals surface area contributed by atoms with Crippen molar-refractivity contribution in [3.05, 3.63) is 12.2 Å². The number of rotatable bonds is 3. The van der Waals surface area contributed by atoms with Crippen LogP contribution in [-0.2, 0) is 14.3 Å². The van der Waals surface area contributed by atoms with E-state index >= 15 is 0 Å². The van der Waals surface area contributed by atoms with E-state index in [0.29, 0.717) is 0 Å². The molecule has 0 aromatic rings. The fourth-order valence-corrected chi connectivity index (χ4v) is 1.06. The van der Waals surface area contributed by atoms with Crippen molar-refractivity contribution in [2.45, 2.75) is 12.1 Å². The number of amides is 1. The summed E-state index contributed by atoms with van der Waals surface area (Å²) in [6.45, 7) is 0.432. The maximum Gasteiger partial charge on any atom is 0.328 e. The number of hydrogen-bond acceptors (Lipinski definition) is 4. The zero-order valence-electron chi connectivity index (χ0n) is 7.34. The van der Waals surface area contributed by atoms with E-state index in [9.17, 15) is 14.7 Å². The maximum absolute atomic E-state index is 11.0. The third-order valence-electron chi connectivity index (χ3n) is 1.76. The lowest BCUT2D eigenvalue weighted by atomic mass is 10.2. The van der Waals surface area contributed by atoms with Crippen molar-refractivity contribution in [2.75, 3.05) is 13.2 Å². The van der Waals surface area contributed by atoms with Crippen LogP contribution >= 0.6 is 0 Å². The molecule has 0 bridgehead atoms. The van der Waals surface area contributed by atoms with E-state index in [2.05, 4.69) is 5.32 Å². The van der Waals surface area contributed by atoms with Gasteiger partial charge in [0.15, 0.2) is 0 Å². The number of aliphatic hydroxyl groups excluding tert-OH is 1. The number of aliphatic carboxylic acids is 1. The number of hydrogen-bond donors (Lipinski definition) is 3. The van der Waals surface area contributed by atoms with Crippen LogP contribution in [-0.4, -0.2) is 47.4 Å². The molecule has 1 aliphatic rings. The van der Waals surface area contributed by atoms with Gasteiger partial charge in [-0.1, -0.05) is 0 Å². The summed E-state index contributed by atoms with van der Waals surface area (Å²) in [7, 11) is 0. The molecule has 1 heterocycles. The van der Waals surface area contributed by atoms with Gasteiger partial charge in [0.2, 0.25) is 5.91 Å². The molecule has 78 valence electrons. The Kier molecular flexibility index (Phi) is 3.61. The summed E-state index contributed by atoms with van der Waals surface area (Å²) in [6.07, 6.45) is 0.905. The van der Waals surface area contributed by atoms with Gasteiger partial charge in [-0.25, -0.2) is 4.79 Å². The Labute approximate surface area is 80.2 Å². The van der Waals surface area contributed by atoms with Crippen LogP contribution in [0.1, 0.15) is 0 Å². The van der Waals surface area contributed by atoms with E-state index in [1.165, 1.54) is 0 Å². The van der Waals surface area contributed by atoms with E-state index < -0.39 is 24.0 Å². The highest BCUT2D eigenvalue weighted by atomic mass is 16.5. The van der Waals surface area contributed by atoms with Crippen molar-refractivity contribution >= 4 is 11.9 Å². The van der Waals surface area contributed by atoms with Crippen LogP contribution < -0.4 is 5.32 Å². The van der Waals surface area contributed by atoms with Gasteiger partial charge in [0.25, 0.3) is 0 Å². The first-order chi connectivity index (χ1) is 6.59. The topological polar surface area (TPSA) is 95.9 Å². The molecule has 6 heteroatoms. The van der Waals surface area contributed by atoms with E-state index in [-0.39, 0.29) is 13.2 Å². The van der Waals surface area contributed by atoms with Gasteiger partial charge in [-0.3, -0.25) is 4.79 Å². The van der Waals surface area contributed by atoms with Crippen LogP contribution in [0.5, 0.6) is 0 Å². The normalized spacial score (nSPS) is 26.6. The molecular weight excluding hydrogens is 190 g/mol. The Morgan fingerprint density at radius 3 is 2.57 bits per heavy atom. The van der Waals surface area contributed by atoms with E-state index in [4.69, 9.17) is 9.84 Å². The van der Waals surface area contributed by atoms with Crippen LogP contribution in [0.3, 0.4) is 0 Å². The van der Waals surface area contributed by atoms with E-state index in [1.807, 2.05) is 0 Å². The van der Waals surface area contributed by atoms with Gasteiger partial charge in [0.1, 0.15) is 0 Å². The highest BCUT2D eigenvalue weighted by Gasteiger charge is 2.26. The molecule has 1 saturated heterocycles. The van der Waals surface area contributed by atoms with Crippen molar-refractivity contribution in [3.63, 3.8) is 0 Å². The average molecular weight is 201 g/mol. The van der Waals surface area contributed by atoms with Crippen LogP contribution in [0.2, 0.25) is 0 Å². The summed E-state index contributed by atoms with van der Waals surface area (Å²) >= 11 is 0. The van der Waals surface area contributed by atoms with Gasteiger partial charge >= 0.3 is 5.97 Å². The van der Waals surface area contributed by atoms with Crippen LogP contribution in [0.4, 0.5) is 0 Å². The summed E-state index contributed by atoms with van der Waals surface area (Å²) in [5, 5.41) is 19.9. The molecule has 0 spiro atoms. The number of carbonyl (C=O) groups excluding carboxylic acids is 1. The average Bonchev–Trinajstić information content (AvgIpc) is 2.49. The lowest BCUT2D eigenvalue weighted by Gasteiger charge is -2.12. The fourth-order valence-electron chi connectivity index (χ4n) is 1.06. The highest BCUT2D eigenvalue weighted by Crippen LogP contribution is 2.04. The molecule has 1 rings (SSSR count). The van der Waals surface area contributed by atoms with Crippen molar-refractivity contribution in [1.82, 2.24) is 5.32 Å². The molecule has 14 heavy (non-hydrogen) atoms. The zero-order chi connectivity index (χ0) is 10.6. The molecule has 0 aromatic heterocycles. The SMILES string of the molecule is O=C(O)/C=C/C(=O)NC1COCC1O. The predicted molar refractivity (Wildman–Crippen MR) is 45.5 cm³/mol. The Hall–Kier alpha value is -1.40. The minimum atomic E-state index is -1.19. The molecule has 2 atom stereocenters. The molecule has 2 unspecified atom stereocenters. The molecule has 0 saturated carbocycles. The predicted octanol–water partition coefficient (Wildman–Crippen LogP) is -1.50. The molecule has 0 radical (unpaired) electrons. The first-order valence-corrected chi connectivity index (χ1v) is 4.07. The quantitative estimate of drug-likeness (QED) is 0.483. The van der Waals surface area contributed by atoms with Crippen molar-refractivity contribution < 1.29 is 24.5 Å². The van der Waals surface area contributed by atoms with Gasteiger partial charge in [-0.15, -0.1) is 0 Å². The molecular formula is C8H11NO5. The monoisotopic (exact) mass is 201 g/mol. The largest absolute Gasteiger partial charge is 0.478 e. The second-order valence-electron chi connectivity index (χ2n) is 2.89. The maximum atomic E-state index is 11.0. The Bertz CT molecular complexity index is 262. The molecule has 0 aliphatic carbocycles. The van der Waals surface area contributed by atoms with Gasteiger partial charge in [-0.2, -0.15) is 0 Å². The fraction of sp³-hybridized carbons (Fsp3) is 0.500. The first-order valence-electron chi connectivity index (χ1n) is 4.07. The van der Waals surface area contributed by atoms with Gasteiger partial charge in [-0.05, 0) is 0 Å². The van der Waals surface area contributed by atoms with Crippen LogP contribution in [0, 0.1) is 0 Å². The van der Waals surface area contributed by atoms with E-state index in [1.54, 1.807) is 0 Å². The number of aliphatic hydroxyl groups is 1. The van der Waals surface area contributed by atoms with Crippen LogP contribution in [0.25, 0.3) is 0 Å². The smallest absolute Gasteiger partial charge is 0.328 e. The van der Waals surface area contributed by atoms with Gasteiger partial charge in [0.05, 0.1) is 25.4 Å². The third kappa shape index (κ3) is 3.15. The van der Waals surface area contributed by atoms with E-state index in [0.717, 1.165) is 12.2 Å².